The van der Waals surface area contributed by atoms with Crippen molar-refractivity contribution in [3.8, 4) is 0 Å². The molecule has 0 atom stereocenters. The molecule has 0 saturated heterocycles. The first-order valence-electron chi connectivity index (χ1n) is 7.01. The van der Waals surface area contributed by atoms with E-state index in [2.05, 4.69) is 16.0 Å². The topological polar surface area (TPSA) is 70.2 Å². The van der Waals surface area contributed by atoms with E-state index < -0.39 is 0 Å². The van der Waals surface area contributed by atoms with Gasteiger partial charge in [-0.25, -0.2) is 4.79 Å². The number of rotatable bonds is 4. The van der Waals surface area contributed by atoms with E-state index in [1.807, 2.05) is 49.4 Å². The molecular weight excluding hydrogens is 278 g/mol. The summed E-state index contributed by atoms with van der Waals surface area (Å²) in [6, 6.07) is 14.7. The van der Waals surface area contributed by atoms with Crippen LogP contribution in [0.25, 0.3) is 0 Å². The van der Waals surface area contributed by atoms with Crippen molar-refractivity contribution in [2.24, 2.45) is 0 Å². The predicted molar refractivity (Wildman–Crippen MR) is 87.8 cm³/mol. The Bertz CT molecular complexity index is 683. The number of nitrogens with one attached hydrogen (secondary N) is 3. The van der Waals surface area contributed by atoms with Crippen molar-refractivity contribution in [3.05, 3.63) is 59.7 Å². The molecule has 0 aliphatic heterocycles. The van der Waals surface area contributed by atoms with E-state index in [4.69, 9.17) is 0 Å². The highest BCUT2D eigenvalue weighted by atomic mass is 16.2. The molecule has 0 unspecified atom stereocenters. The number of carbonyl (C=O) groups is 2. The average Bonchev–Trinajstić information content (AvgIpc) is 2.45. The lowest BCUT2D eigenvalue weighted by molar-refractivity contribution is -0.114. The van der Waals surface area contributed by atoms with Gasteiger partial charge in [0.05, 0.1) is 0 Å². The molecule has 3 N–H and O–H groups in total. The Hall–Kier alpha value is -2.82. The molecule has 0 aliphatic carbocycles. The lowest BCUT2D eigenvalue weighted by atomic mass is 10.2. The van der Waals surface area contributed by atoms with Crippen molar-refractivity contribution in [2.75, 3.05) is 10.6 Å². The van der Waals surface area contributed by atoms with Gasteiger partial charge in [0.1, 0.15) is 0 Å². The van der Waals surface area contributed by atoms with Crippen LogP contribution in [-0.2, 0) is 11.3 Å². The Morgan fingerprint density at radius 3 is 2.32 bits per heavy atom. The highest BCUT2D eigenvalue weighted by Crippen LogP contribution is 2.11. The summed E-state index contributed by atoms with van der Waals surface area (Å²) < 4.78 is 0. The molecule has 0 heterocycles. The first-order valence-corrected chi connectivity index (χ1v) is 7.01. The molecular formula is C17H19N3O2. The Labute approximate surface area is 129 Å². The minimum atomic E-state index is -0.268. The highest BCUT2D eigenvalue weighted by Gasteiger charge is 2.03. The van der Waals surface area contributed by atoms with Gasteiger partial charge in [-0.1, -0.05) is 24.3 Å². The summed E-state index contributed by atoms with van der Waals surface area (Å²) in [7, 11) is 0. The summed E-state index contributed by atoms with van der Waals surface area (Å²) >= 11 is 0. The van der Waals surface area contributed by atoms with Gasteiger partial charge >= 0.3 is 6.03 Å². The van der Waals surface area contributed by atoms with Crippen molar-refractivity contribution in [2.45, 2.75) is 20.4 Å². The number of benzene rings is 2. The molecule has 0 fully saturated rings. The van der Waals surface area contributed by atoms with E-state index in [-0.39, 0.29) is 11.9 Å². The molecule has 0 spiro atoms. The zero-order chi connectivity index (χ0) is 15.9. The molecule has 22 heavy (non-hydrogen) atoms. The molecule has 3 amide bonds. The zero-order valence-electron chi connectivity index (χ0n) is 12.6. The van der Waals surface area contributed by atoms with E-state index in [1.54, 1.807) is 6.07 Å². The average molecular weight is 297 g/mol. The number of hydrogen-bond donors (Lipinski definition) is 3. The van der Waals surface area contributed by atoms with Crippen molar-refractivity contribution < 1.29 is 9.59 Å². The maximum atomic E-state index is 11.9. The second-order valence-electron chi connectivity index (χ2n) is 5.06. The van der Waals surface area contributed by atoms with Crippen LogP contribution in [0.3, 0.4) is 0 Å². The smallest absolute Gasteiger partial charge is 0.319 e. The fraction of sp³-hybridized carbons (Fsp3) is 0.176. The monoisotopic (exact) mass is 297 g/mol. The van der Waals surface area contributed by atoms with Crippen molar-refractivity contribution >= 4 is 23.3 Å². The number of urea groups is 1. The molecule has 5 nitrogen and oxygen atoms in total. The third-order valence-electron chi connectivity index (χ3n) is 2.98. The largest absolute Gasteiger partial charge is 0.334 e. The molecule has 0 saturated carbocycles. The molecule has 0 bridgehead atoms. The molecule has 5 heteroatoms. The fourth-order valence-electron chi connectivity index (χ4n) is 2.04. The van der Waals surface area contributed by atoms with E-state index in [0.29, 0.717) is 12.2 Å². The Morgan fingerprint density at radius 2 is 1.64 bits per heavy atom. The number of anilines is 2. The van der Waals surface area contributed by atoms with Gasteiger partial charge in [-0.15, -0.1) is 0 Å². The number of carbonyl (C=O) groups excluding carboxylic acids is 2. The molecule has 114 valence electrons. The summed E-state index contributed by atoms with van der Waals surface area (Å²) in [6.07, 6.45) is 0. The van der Waals surface area contributed by atoms with Crippen LogP contribution >= 0.6 is 0 Å². The van der Waals surface area contributed by atoms with Gasteiger partial charge < -0.3 is 16.0 Å². The van der Waals surface area contributed by atoms with Crippen LogP contribution in [0.2, 0.25) is 0 Å². The van der Waals surface area contributed by atoms with E-state index >= 15 is 0 Å². The summed E-state index contributed by atoms with van der Waals surface area (Å²) in [5, 5.41) is 8.28. The standard InChI is InChI=1S/C17H19N3O2/c1-12-5-3-7-15(9-12)20-17(22)18-11-14-6-4-8-16(10-14)19-13(2)21/h3-10H,11H2,1-2H3,(H,19,21)(H2,18,20,22). The van der Waals surface area contributed by atoms with Crippen LogP contribution in [0.15, 0.2) is 48.5 Å². The summed E-state index contributed by atoms with van der Waals surface area (Å²) in [5.74, 6) is -0.123. The third kappa shape index (κ3) is 4.94. The first-order chi connectivity index (χ1) is 10.5. The van der Waals surface area contributed by atoms with Gasteiger partial charge in [-0.05, 0) is 42.3 Å². The normalized spacial score (nSPS) is 9.91. The Kier molecular flexibility index (Phi) is 5.14. The van der Waals surface area contributed by atoms with Crippen LogP contribution in [-0.4, -0.2) is 11.9 Å². The zero-order valence-corrected chi connectivity index (χ0v) is 12.6. The minimum Gasteiger partial charge on any atom is -0.334 e. The molecule has 0 aromatic heterocycles. The van der Waals surface area contributed by atoms with Gasteiger partial charge in [-0.2, -0.15) is 0 Å². The molecule has 2 aromatic rings. The maximum Gasteiger partial charge on any atom is 0.319 e. The van der Waals surface area contributed by atoms with Gasteiger partial charge in [0, 0.05) is 24.8 Å². The van der Waals surface area contributed by atoms with Crippen LogP contribution in [0.1, 0.15) is 18.1 Å². The summed E-state index contributed by atoms with van der Waals surface area (Å²) in [4.78, 5) is 22.9. The maximum absolute atomic E-state index is 11.9. The molecule has 0 radical (unpaired) electrons. The number of aryl methyl sites for hydroxylation is 1. The van der Waals surface area contributed by atoms with E-state index in [0.717, 1.165) is 16.8 Å². The predicted octanol–water partition coefficient (Wildman–Crippen LogP) is 3.28. The quantitative estimate of drug-likeness (QED) is 0.810. The second-order valence-corrected chi connectivity index (χ2v) is 5.06. The minimum absolute atomic E-state index is 0.123. The number of amides is 3. The Morgan fingerprint density at radius 1 is 0.955 bits per heavy atom. The summed E-state index contributed by atoms with van der Waals surface area (Å²) in [6.45, 7) is 3.81. The lowest BCUT2D eigenvalue weighted by Gasteiger charge is -2.09. The van der Waals surface area contributed by atoms with Crippen LogP contribution in [0, 0.1) is 6.92 Å². The van der Waals surface area contributed by atoms with Crippen LogP contribution < -0.4 is 16.0 Å². The fourth-order valence-corrected chi connectivity index (χ4v) is 2.04. The number of hydrogen-bond acceptors (Lipinski definition) is 2. The van der Waals surface area contributed by atoms with E-state index in [1.165, 1.54) is 6.92 Å². The second kappa shape index (κ2) is 7.26. The van der Waals surface area contributed by atoms with Crippen molar-refractivity contribution in [1.29, 1.82) is 0 Å². The first kappa shape index (κ1) is 15.6. The highest BCUT2D eigenvalue weighted by molar-refractivity contribution is 5.89. The molecule has 0 aliphatic rings. The van der Waals surface area contributed by atoms with Gasteiger partial charge in [0.15, 0.2) is 0 Å². The molecule has 2 aromatic carbocycles. The third-order valence-corrected chi connectivity index (χ3v) is 2.98. The van der Waals surface area contributed by atoms with Crippen molar-refractivity contribution in [1.82, 2.24) is 5.32 Å². The van der Waals surface area contributed by atoms with Crippen LogP contribution in [0.4, 0.5) is 16.2 Å². The molecule has 2 rings (SSSR count). The van der Waals surface area contributed by atoms with E-state index in [9.17, 15) is 9.59 Å². The van der Waals surface area contributed by atoms with Crippen molar-refractivity contribution in [3.63, 3.8) is 0 Å². The summed E-state index contributed by atoms with van der Waals surface area (Å²) in [5.41, 5.74) is 3.46. The SMILES string of the molecule is CC(=O)Nc1cccc(CNC(=O)Nc2cccc(C)c2)c1. The van der Waals surface area contributed by atoms with Gasteiger partial charge in [-0.3, -0.25) is 4.79 Å². The van der Waals surface area contributed by atoms with Crippen LogP contribution in [0.5, 0.6) is 0 Å². The Balaban J connectivity index is 1.89. The lowest BCUT2D eigenvalue weighted by Crippen LogP contribution is -2.28. The van der Waals surface area contributed by atoms with Gasteiger partial charge in [0.2, 0.25) is 5.91 Å². The van der Waals surface area contributed by atoms with Gasteiger partial charge in [0.25, 0.3) is 0 Å².